The van der Waals surface area contributed by atoms with E-state index in [1.807, 2.05) is 13.8 Å². The minimum atomic E-state index is -0.419. The summed E-state index contributed by atoms with van der Waals surface area (Å²) in [6.45, 7) is 8.37. The molecule has 0 amide bonds. The molecule has 0 aliphatic carbocycles. The molecule has 0 bridgehead atoms. The summed E-state index contributed by atoms with van der Waals surface area (Å²) in [6.07, 6.45) is 0. The molecular weight excluding hydrogens is 456 g/mol. The molecule has 0 saturated carbocycles. The average Bonchev–Trinajstić information content (AvgIpc) is 3.39. The van der Waals surface area contributed by atoms with Gasteiger partial charge in [-0.25, -0.2) is 19.6 Å². The first-order valence-corrected chi connectivity index (χ1v) is 12.3. The fourth-order valence-corrected chi connectivity index (χ4v) is 5.22. The molecule has 170 valence electrons. The third kappa shape index (κ3) is 3.33. The fraction of sp³-hybridized carbons (Fsp3) is 0.444. The van der Waals surface area contributed by atoms with Gasteiger partial charge in [0.25, 0.3) is 11.1 Å². The van der Waals surface area contributed by atoms with Crippen LogP contribution < -0.4 is 22.5 Å². The van der Waals surface area contributed by atoms with Crippen molar-refractivity contribution >= 4 is 43.9 Å². The molecule has 0 radical (unpaired) electrons. The first-order valence-electron chi connectivity index (χ1n) is 10.2. The number of hydrogen-bond acceptors (Lipinski definition) is 8. The zero-order valence-electron chi connectivity index (χ0n) is 18.0. The predicted molar refractivity (Wildman–Crippen MR) is 124 cm³/mol. The molecule has 4 rings (SSSR count). The molecular formula is C18H22N8O4S2. The van der Waals surface area contributed by atoms with Gasteiger partial charge in [-0.3, -0.25) is 27.9 Å². The van der Waals surface area contributed by atoms with E-state index >= 15 is 0 Å². The van der Waals surface area contributed by atoms with E-state index in [1.54, 1.807) is 13.8 Å². The summed E-state index contributed by atoms with van der Waals surface area (Å²) in [5.74, 6) is 0. The second kappa shape index (κ2) is 8.50. The second-order valence-electron chi connectivity index (χ2n) is 6.80. The highest BCUT2D eigenvalue weighted by Gasteiger charge is 2.19. The fourth-order valence-electron chi connectivity index (χ4n) is 3.58. The van der Waals surface area contributed by atoms with Gasteiger partial charge >= 0.3 is 11.4 Å². The topological polar surface area (TPSA) is 145 Å². The molecule has 14 heteroatoms. The number of aryl methyl sites for hydroxylation is 2. The van der Waals surface area contributed by atoms with E-state index < -0.39 is 22.5 Å². The summed E-state index contributed by atoms with van der Waals surface area (Å²) in [5.41, 5.74) is -0.528. The molecule has 0 fully saturated rings. The quantitative estimate of drug-likeness (QED) is 0.374. The zero-order chi connectivity index (χ0) is 23.2. The lowest BCUT2D eigenvalue weighted by Gasteiger charge is -2.06. The highest BCUT2D eigenvalue weighted by Crippen LogP contribution is 2.35. The van der Waals surface area contributed by atoms with Crippen LogP contribution >= 0.6 is 21.6 Å². The number of aromatic amines is 2. The summed E-state index contributed by atoms with van der Waals surface area (Å²) in [7, 11) is 2.38. The first-order chi connectivity index (χ1) is 15.4. The van der Waals surface area contributed by atoms with E-state index in [1.165, 1.54) is 30.7 Å². The number of hydrogen-bond donors (Lipinski definition) is 2. The number of nitrogens with zero attached hydrogens (tertiary/aromatic N) is 6. The van der Waals surface area contributed by atoms with E-state index in [0.29, 0.717) is 34.7 Å². The van der Waals surface area contributed by atoms with Gasteiger partial charge in [-0.05, 0) is 49.3 Å². The first kappa shape index (κ1) is 22.2. The number of H-pyrrole nitrogens is 2. The molecule has 32 heavy (non-hydrogen) atoms. The third-order valence-corrected chi connectivity index (χ3v) is 7.13. The van der Waals surface area contributed by atoms with Crippen molar-refractivity contribution in [3.63, 3.8) is 0 Å². The number of fused-ring (bicyclic) bond motifs is 2. The van der Waals surface area contributed by atoms with Gasteiger partial charge in [0.2, 0.25) is 0 Å². The molecule has 0 saturated heterocycles. The normalized spacial score (nSPS) is 11.8. The van der Waals surface area contributed by atoms with Gasteiger partial charge in [-0.2, -0.15) is 0 Å². The van der Waals surface area contributed by atoms with Gasteiger partial charge in [0, 0.05) is 26.2 Å². The summed E-state index contributed by atoms with van der Waals surface area (Å²) in [4.78, 5) is 65.1. The van der Waals surface area contributed by atoms with Crippen molar-refractivity contribution in [3.05, 3.63) is 41.7 Å². The highest BCUT2D eigenvalue weighted by molar-refractivity contribution is 8.76. The number of rotatable bonds is 7. The van der Waals surface area contributed by atoms with Crippen LogP contribution in [-0.2, 0) is 26.2 Å². The smallest absolute Gasteiger partial charge is 0.326 e. The van der Waals surface area contributed by atoms with Crippen molar-refractivity contribution in [2.75, 3.05) is 0 Å². The van der Waals surface area contributed by atoms with E-state index in [0.717, 1.165) is 9.13 Å². The molecule has 0 spiro atoms. The molecule has 0 aliphatic rings. The molecule has 0 aliphatic heterocycles. The Kier molecular flexibility index (Phi) is 5.90. The molecule has 2 N–H and O–H groups in total. The summed E-state index contributed by atoms with van der Waals surface area (Å²) in [5, 5.41) is 0.828. The summed E-state index contributed by atoms with van der Waals surface area (Å²) >= 11 is 0. The van der Waals surface area contributed by atoms with Crippen LogP contribution in [0, 0.1) is 0 Å². The Morgan fingerprint density at radius 2 is 0.969 bits per heavy atom. The van der Waals surface area contributed by atoms with Crippen LogP contribution in [0.2, 0.25) is 0 Å². The molecule has 0 aromatic carbocycles. The van der Waals surface area contributed by atoms with Crippen molar-refractivity contribution in [2.24, 2.45) is 0 Å². The summed E-state index contributed by atoms with van der Waals surface area (Å²) in [6, 6.07) is 0. The predicted octanol–water partition coefficient (Wildman–Crippen LogP) is 0.965. The van der Waals surface area contributed by atoms with Crippen LogP contribution in [0.4, 0.5) is 0 Å². The number of aromatic nitrogens is 8. The van der Waals surface area contributed by atoms with Gasteiger partial charge in [-0.1, -0.05) is 0 Å². The lowest BCUT2D eigenvalue weighted by Crippen LogP contribution is -2.39. The van der Waals surface area contributed by atoms with E-state index in [9.17, 15) is 19.2 Å². The molecule has 4 aromatic heterocycles. The largest absolute Gasteiger partial charge is 0.332 e. The van der Waals surface area contributed by atoms with Gasteiger partial charge in [-0.15, -0.1) is 0 Å². The maximum absolute atomic E-state index is 12.6. The zero-order valence-corrected chi connectivity index (χ0v) is 19.6. The van der Waals surface area contributed by atoms with Crippen LogP contribution in [0.5, 0.6) is 0 Å². The lowest BCUT2D eigenvalue weighted by molar-refractivity contribution is 0.605. The van der Waals surface area contributed by atoms with E-state index in [-0.39, 0.29) is 24.1 Å². The Morgan fingerprint density at radius 3 is 1.28 bits per heavy atom. The van der Waals surface area contributed by atoms with Gasteiger partial charge < -0.3 is 9.97 Å². The monoisotopic (exact) mass is 478 g/mol. The van der Waals surface area contributed by atoms with Crippen molar-refractivity contribution in [1.29, 1.82) is 0 Å². The molecule has 4 heterocycles. The van der Waals surface area contributed by atoms with E-state index in [2.05, 4.69) is 19.9 Å². The van der Waals surface area contributed by atoms with Crippen LogP contribution in [0.3, 0.4) is 0 Å². The number of imidazole rings is 2. The summed E-state index contributed by atoms with van der Waals surface area (Å²) < 4.78 is 5.21. The van der Waals surface area contributed by atoms with Crippen molar-refractivity contribution in [1.82, 2.24) is 38.2 Å². The molecule has 12 nitrogen and oxygen atoms in total. The van der Waals surface area contributed by atoms with Crippen LogP contribution in [0.1, 0.15) is 27.7 Å². The average molecular weight is 479 g/mol. The van der Waals surface area contributed by atoms with Crippen LogP contribution in [0.15, 0.2) is 29.5 Å². The Labute approximate surface area is 188 Å². The molecule has 0 unspecified atom stereocenters. The Morgan fingerprint density at radius 1 is 0.625 bits per heavy atom. The highest BCUT2D eigenvalue weighted by atomic mass is 33.1. The minimum absolute atomic E-state index is 0.256. The Balaban J connectivity index is 1.74. The van der Waals surface area contributed by atoms with Crippen LogP contribution in [-0.4, -0.2) is 38.2 Å². The number of nitrogens with one attached hydrogen (secondary N) is 2. The van der Waals surface area contributed by atoms with Crippen molar-refractivity contribution < 1.29 is 0 Å². The molecule has 0 atom stereocenters. The van der Waals surface area contributed by atoms with Crippen molar-refractivity contribution in [3.8, 4) is 0 Å². The standard InChI is InChI=1S/C18H22N8O4S2/c1-5-23-11-9(13(27)25(7-3)17(23)29)19-15(21-11)31-32-16-20-10-12(22-16)24(6-2)18(30)26(8-4)14(10)28/h5-8H2,1-4H3,(H,19,21)(H,20,22). The third-order valence-electron chi connectivity index (χ3n) is 5.14. The van der Waals surface area contributed by atoms with Crippen LogP contribution in [0.25, 0.3) is 22.3 Å². The second-order valence-corrected chi connectivity index (χ2v) is 8.91. The Bertz CT molecular complexity index is 1450. The SMILES string of the molecule is CCn1c(=O)c2[nH]c(SSc3nc4c([nH]3)c(=O)n(CC)c(=O)n4CC)nc2n(CC)c1=O. The lowest BCUT2D eigenvalue weighted by atomic mass is 10.5. The molecule has 4 aromatic rings. The minimum Gasteiger partial charge on any atom is -0.326 e. The van der Waals surface area contributed by atoms with Gasteiger partial charge in [0.05, 0.1) is 0 Å². The maximum Gasteiger partial charge on any atom is 0.332 e. The van der Waals surface area contributed by atoms with Gasteiger partial charge in [0.1, 0.15) is 0 Å². The van der Waals surface area contributed by atoms with E-state index in [4.69, 9.17) is 0 Å². The van der Waals surface area contributed by atoms with Gasteiger partial charge in [0.15, 0.2) is 32.6 Å². The maximum atomic E-state index is 12.6. The van der Waals surface area contributed by atoms with Crippen molar-refractivity contribution in [2.45, 2.75) is 64.2 Å². The Hall–Kier alpha value is -3.00.